The first kappa shape index (κ1) is 13.0. The largest absolute Gasteiger partial charge is 0.480 e. The van der Waals surface area contributed by atoms with Gasteiger partial charge >= 0.3 is 5.97 Å². The fourth-order valence-electron chi connectivity index (χ4n) is 1.18. The van der Waals surface area contributed by atoms with Gasteiger partial charge in [-0.25, -0.2) is 9.78 Å². The SMILES string of the molecule is CN(c1cc(C(N)=O)ccn1)C(C)(C)C(=O)O. The molecule has 0 saturated carbocycles. The summed E-state index contributed by atoms with van der Waals surface area (Å²) in [5, 5.41) is 9.09. The number of amides is 1. The lowest BCUT2D eigenvalue weighted by Gasteiger charge is -2.32. The lowest BCUT2D eigenvalue weighted by atomic mass is 10.0. The molecule has 0 spiro atoms. The van der Waals surface area contributed by atoms with Crippen molar-refractivity contribution >= 4 is 17.7 Å². The number of carbonyl (C=O) groups excluding carboxylic acids is 1. The zero-order valence-corrected chi connectivity index (χ0v) is 9.97. The maximum atomic E-state index is 11.1. The fourth-order valence-corrected chi connectivity index (χ4v) is 1.18. The molecule has 0 bridgehead atoms. The van der Waals surface area contributed by atoms with Crippen molar-refractivity contribution in [2.75, 3.05) is 11.9 Å². The maximum Gasteiger partial charge on any atom is 0.328 e. The first-order valence-electron chi connectivity index (χ1n) is 5.00. The molecule has 0 aliphatic heterocycles. The Kier molecular flexibility index (Phi) is 3.36. The van der Waals surface area contributed by atoms with E-state index in [4.69, 9.17) is 10.8 Å². The molecule has 1 amide bonds. The number of nitrogens with two attached hydrogens (primary N) is 1. The molecule has 0 fully saturated rings. The van der Waals surface area contributed by atoms with Crippen molar-refractivity contribution in [2.24, 2.45) is 5.73 Å². The average Bonchev–Trinajstić information content (AvgIpc) is 2.27. The molecule has 3 N–H and O–H groups in total. The van der Waals surface area contributed by atoms with E-state index in [0.717, 1.165) is 0 Å². The molecule has 0 unspecified atom stereocenters. The molecule has 0 aliphatic rings. The van der Waals surface area contributed by atoms with Gasteiger partial charge < -0.3 is 15.7 Å². The van der Waals surface area contributed by atoms with E-state index in [2.05, 4.69) is 4.98 Å². The number of likely N-dealkylation sites (N-methyl/N-ethyl adjacent to an activating group) is 1. The minimum Gasteiger partial charge on any atom is -0.480 e. The van der Waals surface area contributed by atoms with E-state index in [1.165, 1.54) is 23.2 Å². The lowest BCUT2D eigenvalue weighted by molar-refractivity contribution is -0.142. The molecule has 0 aromatic carbocycles. The Labute approximate surface area is 99.1 Å². The number of primary amides is 1. The van der Waals surface area contributed by atoms with Gasteiger partial charge in [-0.05, 0) is 26.0 Å². The van der Waals surface area contributed by atoms with Crippen LogP contribution in [0.4, 0.5) is 5.82 Å². The van der Waals surface area contributed by atoms with Crippen molar-refractivity contribution in [3.8, 4) is 0 Å². The predicted molar refractivity (Wildman–Crippen MR) is 62.9 cm³/mol. The molecule has 1 aromatic heterocycles. The molecule has 0 atom stereocenters. The number of nitrogens with zero attached hydrogens (tertiary/aromatic N) is 2. The second-order valence-electron chi connectivity index (χ2n) is 4.19. The van der Waals surface area contributed by atoms with Crippen LogP contribution in [0.5, 0.6) is 0 Å². The van der Waals surface area contributed by atoms with E-state index in [1.807, 2.05) is 0 Å². The number of hydrogen-bond acceptors (Lipinski definition) is 4. The van der Waals surface area contributed by atoms with Crippen LogP contribution < -0.4 is 10.6 Å². The third kappa shape index (κ3) is 2.52. The summed E-state index contributed by atoms with van der Waals surface area (Å²) in [6.07, 6.45) is 1.42. The molecular weight excluding hydrogens is 222 g/mol. The summed E-state index contributed by atoms with van der Waals surface area (Å²) < 4.78 is 0. The minimum atomic E-state index is -1.12. The first-order valence-corrected chi connectivity index (χ1v) is 5.00. The van der Waals surface area contributed by atoms with Gasteiger partial charge in [0.25, 0.3) is 0 Å². The molecule has 0 saturated heterocycles. The van der Waals surface area contributed by atoms with E-state index >= 15 is 0 Å². The van der Waals surface area contributed by atoms with Gasteiger partial charge in [-0.3, -0.25) is 4.79 Å². The summed E-state index contributed by atoms with van der Waals surface area (Å²) in [7, 11) is 1.60. The van der Waals surface area contributed by atoms with Crippen LogP contribution in [-0.2, 0) is 4.79 Å². The van der Waals surface area contributed by atoms with E-state index in [0.29, 0.717) is 11.4 Å². The van der Waals surface area contributed by atoms with Crippen LogP contribution in [0, 0.1) is 0 Å². The smallest absolute Gasteiger partial charge is 0.328 e. The van der Waals surface area contributed by atoms with Crippen LogP contribution in [0.3, 0.4) is 0 Å². The zero-order chi connectivity index (χ0) is 13.2. The van der Waals surface area contributed by atoms with Gasteiger partial charge in [-0.2, -0.15) is 0 Å². The quantitative estimate of drug-likeness (QED) is 0.793. The standard InChI is InChI=1S/C11H15N3O3/c1-11(2,10(16)17)14(3)8-6-7(9(12)15)4-5-13-8/h4-6H,1-3H3,(H2,12,15)(H,16,17). The number of carboxylic acid groups (broad SMARTS) is 1. The van der Waals surface area contributed by atoms with Gasteiger partial charge in [0.15, 0.2) is 0 Å². The van der Waals surface area contributed by atoms with Crippen LogP contribution in [0.15, 0.2) is 18.3 Å². The summed E-state index contributed by atoms with van der Waals surface area (Å²) in [5.41, 5.74) is 4.32. The number of aromatic nitrogens is 1. The van der Waals surface area contributed by atoms with Crippen molar-refractivity contribution in [3.05, 3.63) is 23.9 Å². The van der Waals surface area contributed by atoms with E-state index in [-0.39, 0.29) is 0 Å². The maximum absolute atomic E-state index is 11.1. The monoisotopic (exact) mass is 237 g/mol. The summed E-state index contributed by atoms with van der Waals surface area (Å²) in [5.74, 6) is -1.17. The Morgan fingerprint density at radius 3 is 2.53 bits per heavy atom. The van der Waals surface area contributed by atoms with Crippen molar-refractivity contribution in [1.29, 1.82) is 0 Å². The molecule has 0 aliphatic carbocycles. The predicted octanol–water partition coefficient (Wildman–Crippen LogP) is 0.480. The second-order valence-corrected chi connectivity index (χ2v) is 4.19. The third-order valence-corrected chi connectivity index (χ3v) is 2.74. The average molecular weight is 237 g/mol. The molecule has 17 heavy (non-hydrogen) atoms. The Morgan fingerprint density at radius 1 is 1.47 bits per heavy atom. The van der Waals surface area contributed by atoms with E-state index in [1.54, 1.807) is 20.9 Å². The number of aliphatic carboxylic acids is 1. The summed E-state index contributed by atoms with van der Waals surface area (Å²) >= 11 is 0. The highest BCUT2D eigenvalue weighted by atomic mass is 16.4. The topological polar surface area (TPSA) is 96.5 Å². The van der Waals surface area contributed by atoms with Crippen molar-refractivity contribution < 1.29 is 14.7 Å². The molecule has 92 valence electrons. The molecule has 6 heteroatoms. The molecule has 0 radical (unpaired) electrons. The first-order chi connectivity index (χ1) is 7.76. The zero-order valence-electron chi connectivity index (χ0n) is 9.97. The number of anilines is 1. The van der Waals surface area contributed by atoms with Gasteiger partial charge in [0.05, 0.1) is 0 Å². The minimum absolute atomic E-state index is 0.294. The van der Waals surface area contributed by atoms with Crippen LogP contribution in [0.25, 0.3) is 0 Å². The van der Waals surface area contributed by atoms with Crippen molar-refractivity contribution in [3.63, 3.8) is 0 Å². The lowest BCUT2D eigenvalue weighted by Crippen LogP contribution is -2.48. The van der Waals surface area contributed by atoms with E-state index < -0.39 is 17.4 Å². The summed E-state index contributed by atoms with van der Waals surface area (Å²) in [6, 6.07) is 2.94. The number of rotatable bonds is 4. The highest BCUT2D eigenvalue weighted by Crippen LogP contribution is 2.20. The van der Waals surface area contributed by atoms with Crippen LogP contribution >= 0.6 is 0 Å². The molecular formula is C11H15N3O3. The third-order valence-electron chi connectivity index (χ3n) is 2.74. The van der Waals surface area contributed by atoms with Crippen LogP contribution in [0.2, 0.25) is 0 Å². The van der Waals surface area contributed by atoms with Gasteiger partial charge in [0, 0.05) is 18.8 Å². The normalized spacial score (nSPS) is 11.0. The van der Waals surface area contributed by atoms with Crippen LogP contribution in [0.1, 0.15) is 24.2 Å². The van der Waals surface area contributed by atoms with Crippen LogP contribution in [-0.4, -0.2) is 34.6 Å². The molecule has 1 heterocycles. The van der Waals surface area contributed by atoms with Crippen molar-refractivity contribution in [2.45, 2.75) is 19.4 Å². The van der Waals surface area contributed by atoms with Gasteiger partial charge in [0.2, 0.25) is 5.91 Å². The fraction of sp³-hybridized carbons (Fsp3) is 0.364. The Balaban J connectivity index is 3.13. The summed E-state index contributed by atoms with van der Waals surface area (Å²) in [6.45, 7) is 3.10. The number of carbonyl (C=O) groups is 2. The highest BCUT2D eigenvalue weighted by Gasteiger charge is 2.33. The molecule has 6 nitrogen and oxygen atoms in total. The van der Waals surface area contributed by atoms with Crippen molar-refractivity contribution in [1.82, 2.24) is 4.98 Å². The van der Waals surface area contributed by atoms with E-state index in [9.17, 15) is 9.59 Å². The van der Waals surface area contributed by atoms with Gasteiger partial charge in [-0.1, -0.05) is 0 Å². The highest BCUT2D eigenvalue weighted by molar-refractivity contribution is 5.93. The van der Waals surface area contributed by atoms with Gasteiger partial charge in [0.1, 0.15) is 11.4 Å². The molecule has 1 rings (SSSR count). The second kappa shape index (κ2) is 4.40. The molecule has 1 aromatic rings. The summed E-state index contributed by atoms with van der Waals surface area (Å²) in [4.78, 5) is 27.6. The Hall–Kier alpha value is -2.11. The Bertz CT molecular complexity index is 457. The number of carboxylic acids is 1. The number of pyridine rings is 1. The van der Waals surface area contributed by atoms with Gasteiger partial charge in [-0.15, -0.1) is 0 Å². The Morgan fingerprint density at radius 2 is 2.06 bits per heavy atom. The number of hydrogen-bond donors (Lipinski definition) is 2.